The van der Waals surface area contributed by atoms with E-state index in [4.69, 9.17) is 0 Å². The van der Waals surface area contributed by atoms with Gasteiger partial charge in [-0.1, -0.05) is 0 Å². The van der Waals surface area contributed by atoms with Gasteiger partial charge in [-0.3, -0.25) is 9.79 Å². The van der Waals surface area contributed by atoms with Crippen LogP contribution in [0.15, 0.2) is 16.8 Å². The minimum atomic E-state index is 0.683. The van der Waals surface area contributed by atoms with Gasteiger partial charge in [0.1, 0.15) is 6.29 Å². The first kappa shape index (κ1) is 8.88. The normalized spacial score (nSPS) is 12.1. The standard InChI is InChI=1S/C7H12N2O/c1-7(5-10)4-9(3)6-8-2/h4-6H,1-3H3/b7-4+,8-6?. The van der Waals surface area contributed by atoms with Crippen molar-refractivity contribution >= 4 is 12.6 Å². The number of rotatable bonds is 3. The fourth-order valence-electron chi connectivity index (χ4n) is 0.567. The zero-order valence-corrected chi connectivity index (χ0v) is 6.53. The number of allylic oxidation sites excluding steroid dienone is 1. The van der Waals surface area contributed by atoms with Gasteiger partial charge in [-0.15, -0.1) is 0 Å². The molecule has 3 nitrogen and oxygen atoms in total. The van der Waals surface area contributed by atoms with Crippen molar-refractivity contribution in [3.05, 3.63) is 11.8 Å². The third kappa shape index (κ3) is 3.83. The Morgan fingerprint density at radius 3 is 2.60 bits per heavy atom. The maximum atomic E-state index is 10.1. The third-order valence-corrected chi connectivity index (χ3v) is 0.891. The molecule has 0 fully saturated rings. The van der Waals surface area contributed by atoms with Gasteiger partial charge in [0.25, 0.3) is 0 Å². The molecule has 0 N–H and O–H groups in total. The van der Waals surface area contributed by atoms with Crippen LogP contribution in [0.3, 0.4) is 0 Å². The maximum Gasteiger partial charge on any atom is 0.147 e. The highest BCUT2D eigenvalue weighted by atomic mass is 16.1. The average Bonchev–Trinajstić information content (AvgIpc) is 1.88. The van der Waals surface area contributed by atoms with Gasteiger partial charge in [0, 0.05) is 25.9 Å². The van der Waals surface area contributed by atoms with E-state index in [2.05, 4.69) is 4.99 Å². The second-order valence-corrected chi connectivity index (χ2v) is 2.03. The summed E-state index contributed by atoms with van der Waals surface area (Å²) in [5.74, 6) is 0. The molecule has 0 aliphatic heterocycles. The van der Waals surface area contributed by atoms with Crippen LogP contribution in [0.2, 0.25) is 0 Å². The molecule has 3 heteroatoms. The fraction of sp³-hybridized carbons (Fsp3) is 0.429. The van der Waals surface area contributed by atoms with Gasteiger partial charge in [-0.25, -0.2) is 0 Å². The zero-order chi connectivity index (χ0) is 7.98. The molecule has 0 aromatic heterocycles. The molecular weight excluding hydrogens is 128 g/mol. The summed E-state index contributed by atoms with van der Waals surface area (Å²) in [6.45, 7) is 1.74. The van der Waals surface area contributed by atoms with Crippen molar-refractivity contribution < 1.29 is 4.79 Å². The number of nitrogens with zero attached hydrogens (tertiary/aromatic N) is 2. The van der Waals surface area contributed by atoms with Crippen molar-refractivity contribution in [3.63, 3.8) is 0 Å². The molecule has 0 amide bonds. The van der Waals surface area contributed by atoms with E-state index < -0.39 is 0 Å². The van der Waals surface area contributed by atoms with Gasteiger partial charge in [0.05, 0.1) is 6.34 Å². The summed E-state index contributed by atoms with van der Waals surface area (Å²) in [4.78, 5) is 15.6. The third-order valence-electron chi connectivity index (χ3n) is 0.891. The minimum absolute atomic E-state index is 0.683. The molecule has 0 aromatic carbocycles. The molecule has 10 heavy (non-hydrogen) atoms. The Kier molecular flexibility index (Phi) is 4.20. The van der Waals surface area contributed by atoms with Crippen LogP contribution >= 0.6 is 0 Å². The summed E-state index contributed by atoms with van der Waals surface area (Å²) < 4.78 is 0. The second kappa shape index (κ2) is 4.73. The lowest BCUT2D eigenvalue weighted by Crippen LogP contribution is -2.07. The second-order valence-electron chi connectivity index (χ2n) is 2.03. The van der Waals surface area contributed by atoms with Crippen molar-refractivity contribution in [1.29, 1.82) is 0 Å². The lowest BCUT2D eigenvalue weighted by Gasteiger charge is -2.04. The summed E-state index contributed by atoms with van der Waals surface area (Å²) in [5, 5.41) is 0. The van der Waals surface area contributed by atoms with Crippen LogP contribution < -0.4 is 0 Å². The molecule has 0 saturated heterocycles. The van der Waals surface area contributed by atoms with Crippen molar-refractivity contribution in [2.24, 2.45) is 4.99 Å². The van der Waals surface area contributed by atoms with Gasteiger partial charge in [0.2, 0.25) is 0 Å². The Bertz CT molecular complexity index is 161. The molecule has 0 heterocycles. The van der Waals surface area contributed by atoms with Crippen molar-refractivity contribution in [1.82, 2.24) is 4.90 Å². The molecule has 0 aromatic rings. The summed E-state index contributed by atoms with van der Waals surface area (Å²) in [7, 11) is 3.50. The van der Waals surface area contributed by atoms with Gasteiger partial charge in [0.15, 0.2) is 0 Å². The van der Waals surface area contributed by atoms with Crippen molar-refractivity contribution in [3.8, 4) is 0 Å². The Labute approximate surface area is 61.1 Å². The predicted octanol–water partition coefficient (Wildman–Crippen LogP) is 0.679. The van der Waals surface area contributed by atoms with Crippen LogP contribution in [-0.4, -0.2) is 31.6 Å². The average molecular weight is 140 g/mol. The highest BCUT2D eigenvalue weighted by Gasteiger charge is 1.85. The first-order valence-corrected chi connectivity index (χ1v) is 2.98. The topological polar surface area (TPSA) is 32.7 Å². The molecule has 0 spiro atoms. The molecule has 0 saturated carbocycles. The molecule has 0 aliphatic rings. The molecule has 56 valence electrons. The molecular formula is C7H12N2O. The van der Waals surface area contributed by atoms with Crippen molar-refractivity contribution in [2.75, 3.05) is 14.1 Å². The first-order chi connectivity index (χ1) is 4.70. The Hall–Kier alpha value is -1.12. The van der Waals surface area contributed by atoms with E-state index in [0.717, 1.165) is 6.29 Å². The predicted molar refractivity (Wildman–Crippen MR) is 42.0 cm³/mol. The van der Waals surface area contributed by atoms with Crippen LogP contribution in [0, 0.1) is 0 Å². The lowest BCUT2D eigenvalue weighted by atomic mass is 10.4. The summed E-state index contributed by atoms with van der Waals surface area (Å²) in [6, 6.07) is 0. The molecule has 0 bridgehead atoms. The van der Waals surface area contributed by atoms with Gasteiger partial charge >= 0.3 is 0 Å². The van der Waals surface area contributed by atoms with Crippen LogP contribution in [0.1, 0.15) is 6.92 Å². The van der Waals surface area contributed by atoms with Crippen LogP contribution in [-0.2, 0) is 4.79 Å². The van der Waals surface area contributed by atoms with E-state index in [0.29, 0.717) is 5.57 Å². The number of carbonyl (C=O) groups is 1. The highest BCUT2D eigenvalue weighted by molar-refractivity contribution is 5.73. The van der Waals surface area contributed by atoms with Crippen LogP contribution in [0.4, 0.5) is 0 Å². The molecule has 0 atom stereocenters. The number of hydrogen-bond donors (Lipinski definition) is 0. The van der Waals surface area contributed by atoms with Crippen molar-refractivity contribution in [2.45, 2.75) is 6.92 Å². The number of aldehydes is 1. The fourth-order valence-corrected chi connectivity index (χ4v) is 0.567. The lowest BCUT2D eigenvalue weighted by molar-refractivity contribution is -0.104. The van der Waals surface area contributed by atoms with Crippen LogP contribution in [0.25, 0.3) is 0 Å². The molecule has 0 unspecified atom stereocenters. The smallest absolute Gasteiger partial charge is 0.147 e. The van der Waals surface area contributed by atoms with Gasteiger partial charge < -0.3 is 4.90 Å². The number of aliphatic imine (C=N–C) groups is 1. The molecule has 0 aliphatic carbocycles. The van der Waals surface area contributed by atoms with E-state index in [9.17, 15) is 4.79 Å². The Balaban J connectivity index is 3.98. The molecule has 0 rings (SSSR count). The van der Waals surface area contributed by atoms with Gasteiger partial charge in [-0.2, -0.15) is 0 Å². The van der Waals surface area contributed by atoms with Gasteiger partial charge in [-0.05, 0) is 6.92 Å². The highest BCUT2D eigenvalue weighted by Crippen LogP contribution is 1.87. The summed E-state index contributed by atoms with van der Waals surface area (Å²) in [6.07, 6.45) is 4.15. The number of hydrogen-bond acceptors (Lipinski definition) is 2. The minimum Gasteiger partial charge on any atom is -0.342 e. The summed E-state index contributed by atoms with van der Waals surface area (Å²) >= 11 is 0. The molecule has 0 radical (unpaired) electrons. The maximum absolute atomic E-state index is 10.1. The number of carbonyl (C=O) groups excluding carboxylic acids is 1. The summed E-state index contributed by atoms with van der Waals surface area (Å²) in [5.41, 5.74) is 0.683. The van der Waals surface area contributed by atoms with Crippen LogP contribution in [0.5, 0.6) is 0 Å². The van der Waals surface area contributed by atoms with E-state index in [1.807, 2.05) is 7.05 Å². The first-order valence-electron chi connectivity index (χ1n) is 2.98. The van der Waals surface area contributed by atoms with E-state index >= 15 is 0 Å². The Morgan fingerprint density at radius 2 is 2.20 bits per heavy atom. The van der Waals surface area contributed by atoms with E-state index in [-0.39, 0.29) is 0 Å². The van der Waals surface area contributed by atoms with E-state index in [1.54, 1.807) is 31.4 Å². The monoisotopic (exact) mass is 140 g/mol. The van der Waals surface area contributed by atoms with E-state index in [1.165, 1.54) is 0 Å². The Morgan fingerprint density at radius 1 is 1.60 bits per heavy atom. The quantitative estimate of drug-likeness (QED) is 0.250. The largest absolute Gasteiger partial charge is 0.342 e. The SMILES string of the molecule is CN=CN(C)/C=C(\C)C=O. The zero-order valence-electron chi connectivity index (χ0n) is 6.53.